The topological polar surface area (TPSA) is 52.3 Å². The standard InChI is InChI=1S/C10H21NO2S/c1-13-6-3-7-14(12)10-5-2-4-9(10)8-11/h9-10H,2-8,11H2,1H3. The first kappa shape index (κ1) is 12.1. The molecule has 0 aromatic heterocycles. The average Bonchev–Trinajstić information content (AvgIpc) is 2.65. The van der Waals surface area contributed by atoms with E-state index in [1.807, 2.05) is 0 Å². The van der Waals surface area contributed by atoms with Crippen LogP contribution in [-0.4, -0.2) is 35.5 Å². The van der Waals surface area contributed by atoms with E-state index in [0.29, 0.717) is 24.3 Å². The van der Waals surface area contributed by atoms with Crippen molar-refractivity contribution >= 4 is 10.8 Å². The minimum Gasteiger partial charge on any atom is -0.385 e. The fraction of sp³-hybridized carbons (Fsp3) is 1.00. The van der Waals surface area contributed by atoms with Crippen molar-refractivity contribution in [3.05, 3.63) is 0 Å². The zero-order chi connectivity index (χ0) is 10.4. The molecule has 0 spiro atoms. The maximum atomic E-state index is 11.9. The van der Waals surface area contributed by atoms with Crippen LogP contribution >= 0.6 is 0 Å². The van der Waals surface area contributed by atoms with Crippen LogP contribution in [0, 0.1) is 5.92 Å². The van der Waals surface area contributed by atoms with Gasteiger partial charge in [-0.2, -0.15) is 0 Å². The van der Waals surface area contributed by atoms with E-state index in [1.54, 1.807) is 7.11 Å². The molecule has 0 heterocycles. The second-order valence-corrected chi connectivity index (χ2v) is 5.67. The van der Waals surface area contributed by atoms with E-state index in [2.05, 4.69) is 0 Å². The summed E-state index contributed by atoms with van der Waals surface area (Å²) in [7, 11) is 0.995. The van der Waals surface area contributed by atoms with Gasteiger partial charge in [0.25, 0.3) is 0 Å². The molecular formula is C10H21NO2S. The van der Waals surface area contributed by atoms with E-state index in [-0.39, 0.29) is 0 Å². The monoisotopic (exact) mass is 219 g/mol. The Kier molecular flexibility index (Phi) is 5.67. The smallest absolute Gasteiger partial charge is 0.0471 e. The first-order valence-corrected chi connectivity index (χ1v) is 6.74. The summed E-state index contributed by atoms with van der Waals surface area (Å²) in [5.74, 6) is 1.27. The highest BCUT2D eigenvalue weighted by Gasteiger charge is 2.30. The van der Waals surface area contributed by atoms with Crippen LogP contribution in [0.5, 0.6) is 0 Å². The first-order chi connectivity index (χ1) is 6.79. The largest absolute Gasteiger partial charge is 0.385 e. The van der Waals surface area contributed by atoms with Gasteiger partial charge in [-0.25, -0.2) is 0 Å². The highest BCUT2D eigenvalue weighted by Crippen LogP contribution is 2.29. The third-order valence-corrected chi connectivity index (χ3v) is 4.91. The summed E-state index contributed by atoms with van der Waals surface area (Å²) in [5, 5.41) is 0.358. The minimum atomic E-state index is -0.687. The zero-order valence-corrected chi connectivity index (χ0v) is 9.72. The van der Waals surface area contributed by atoms with Crippen molar-refractivity contribution in [3.63, 3.8) is 0 Å². The third-order valence-electron chi connectivity index (χ3n) is 2.92. The predicted octanol–water partition coefficient (Wildman–Crippen LogP) is 0.899. The Balaban J connectivity index is 2.28. The maximum absolute atomic E-state index is 11.9. The van der Waals surface area contributed by atoms with Gasteiger partial charge in [0.05, 0.1) is 0 Å². The summed E-state index contributed by atoms with van der Waals surface area (Å²) in [4.78, 5) is 0. The molecule has 3 unspecified atom stereocenters. The fourth-order valence-electron chi connectivity index (χ4n) is 2.12. The van der Waals surface area contributed by atoms with Crippen LogP contribution in [-0.2, 0) is 15.5 Å². The average molecular weight is 219 g/mol. The third kappa shape index (κ3) is 3.33. The quantitative estimate of drug-likeness (QED) is 0.675. The molecule has 4 heteroatoms. The molecule has 3 nitrogen and oxygen atoms in total. The Morgan fingerprint density at radius 1 is 1.50 bits per heavy atom. The van der Waals surface area contributed by atoms with E-state index >= 15 is 0 Å². The van der Waals surface area contributed by atoms with Crippen LogP contribution in [0.25, 0.3) is 0 Å². The molecule has 0 bridgehead atoms. The summed E-state index contributed by atoms with van der Waals surface area (Å²) in [6.45, 7) is 1.41. The van der Waals surface area contributed by atoms with Crippen molar-refractivity contribution in [1.82, 2.24) is 0 Å². The predicted molar refractivity (Wildman–Crippen MR) is 59.7 cm³/mol. The van der Waals surface area contributed by atoms with E-state index in [9.17, 15) is 4.21 Å². The normalized spacial score (nSPS) is 29.3. The molecule has 0 amide bonds. The Hall–Kier alpha value is 0.0700. The lowest BCUT2D eigenvalue weighted by atomic mass is 10.1. The molecule has 1 fully saturated rings. The summed E-state index contributed by atoms with van der Waals surface area (Å²) in [5.41, 5.74) is 5.66. The van der Waals surface area contributed by atoms with E-state index < -0.39 is 10.8 Å². The van der Waals surface area contributed by atoms with Crippen LogP contribution in [0.2, 0.25) is 0 Å². The van der Waals surface area contributed by atoms with Crippen molar-refractivity contribution in [3.8, 4) is 0 Å². The number of rotatable bonds is 6. The van der Waals surface area contributed by atoms with Crippen LogP contribution < -0.4 is 5.73 Å². The summed E-state index contributed by atoms with van der Waals surface area (Å²) >= 11 is 0. The Labute approximate surface area is 88.8 Å². The van der Waals surface area contributed by atoms with E-state index in [1.165, 1.54) is 6.42 Å². The van der Waals surface area contributed by atoms with Crippen LogP contribution in [0.15, 0.2) is 0 Å². The molecule has 14 heavy (non-hydrogen) atoms. The minimum absolute atomic E-state index is 0.358. The number of hydrogen-bond donors (Lipinski definition) is 1. The summed E-state index contributed by atoms with van der Waals surface area (Å²) in [6.07, 6.45) is 4.36. The van der Waals surface area contributed by atoms with Gasteiger partial charge in [-0.1, -0.05) is 6.42 Å². The SMILES string of the molecule is COCCCS(=O)C1CCCC1CN. The van der Waals surface area contributed by atoms with Crippen molar-refractivity contribution in [2.45, 2.75) is 30.9 Å². The van der Waals surface area contributed by atoms with Crippen molar-refractivity contribution < 1.29 is 8.95 Å². The Bertz CT molecular complexity index is 187. The van der Waals surface area contributed by atoms with Crippen molar-refractivity contribution in [2.75, 3.05) is 26.0 Å². The number of hydrogen-bond acceptors (Lipinski definition) is 3. The molecule has 0 aliphatic heterocycles. The molecular weight excluding hydrogens is 198 g/mol. The number of methoxy groups -OCH3 is 1. The van der Waals surface area contributed by atoms with Gasteiger partial charge in [-0.3, -0.25) is 4.21 Å². The molecule has 1 aliphatic rings. The summed E-state index contributed by atoms with van der Waals surface area (Å²) in [6, 6.07) is 0. The number of nitrogens with two attached hydrogens (primary N) is 1. The molecule has 2 N–H and O–H groups in total. The highest BCUT2D eigenvalue weighted by atomic mass is 32.2. The van der Waals surface area contributed by atoms with Crippen LogP contribution in [0.3, 0.4) is 0 Å². The van der Waals surface area contributed by atoms with Gasteiger partial charge in [-0.05, 0) is 31.7 Å². The van der Waals surface area contributed by atoms with Gasteiger partial charge in [0.1, 0.15) is 0 Å². The molecule has 0 aromatic rings. The first-order valence-electron chi connectivity index (χ1n) is 5.35. The molecule has 84 valence electrons. The van der Waals surface area contributed by atoms with Gasteiger partial charge in [0.2, 0.25) is 0 Å². The molecule has 0 aromatic carbocycles. The van der Waals surface area contributed by atoms with E-state index in [4.69, 9.17) is 10.5 Å². The summed E-state index contributed by atoms with van der Waals surface area (Å²) < 4.78 is 16.8. The maximum Gasteiger partial charge on any atom is 0.0471 e. The van der Waals surface area contributed by atoms with Gasteiger partial charge in [0.15, 0.2) is 0 Å². The molecule has 1 saturated carbocycles. The van der Waals surface area contributed by atoms with Crippen LogP contribution in [0.4, 0.5) is 0 Å². The van der Waals surface area contributed by atoms with Crippen molar-refractivity contribution in [2.24, 2.45) is 11.7 Å². The van der Waals surface area contributed by atoms with E-state index in [0.717, 1.165) is 25.0 Å². The molecule has 1 aliphatic carbocycles. The lowest BCUT2D eigenvalue weighted by Crippen LogP contribution is -2.28. The van der Waals surface area contributed by atoms with Gasteiger partial charge in [0, 0.05) is 35.5 Å². The second-order valence-electron chi connectivity index (χ2n) is 3.90. The molecule has 0 radical (unpaired) electrons. The van der Waals surface area contributed by atoms with Gasteiger partial charge >= 0.3 is 0 Å². The number of ether oxygens (including phenoxy) is 1. The molecule has 0 saturated heterocycles. The second kappa shape index (κ2) is 6.53. The Morgan fingerprint density at radius 3 is 2.93 bits per heavy atom. The lowest BCUT2D eigenvalue weighted by molar-refractivity contribution is 0.200. The zero-order valence-electron chi connectivity index (χ0n) is 8.91. The molecule has 3 atom stereocenters. The lowest BCUT2D eigenvalue weighted by Gasteiger charge is -2.16. The Morgan fingerprint density at radius 2 is 2.29 bits per heavy atom. The van der Waals surface area contributed by atoms with Gasteiger partial charge < -0.3 is 10.5 Å². The van der Waals surface area contributed by atoms with Crippen molar-refractivity contribution in [1.29, 1.82) is 0 Å². The fourth-order valence-corrected chi connectivity index (χ4v) is 3.93. The van der Waals surface area contributed by atoms with Gasteiger partial charge in [-0.15, -0.1) is 0 Å². The molecule has 1 rings (SSSR count). The van der Waals surface area contributed by atoms with Crippen LogP contribution in [0.1, 0.15) is 25.7 Å². The highest BCUT2D eigenvalue weighted by molar-refractivity contribution is 7.85.